The van der Waals surface area contributed by atoms with E-state index in [1.807, 2.05) is 56.3 Å². The molecule has 2 aromatic rings. The molecule has 2 aromatic carbocycles. The summed E-state index contributed by atoms with van der Waals surface area (Å²) in [6.45, 7) is 4.49. The molecule has 1 saturated heterocycles. The summed E-state index contributed by atoms with van der Waals surface area (Å²) in [7, 11) is 1.57. The van der Waals surface area contributed by atoms with Gasteiger partial charge in [-0.15, -0.1) is 0 Å². The Morgan fingerprint density at radius 3 is 2.50 bits per heavy atom. The Labute approximate surface area is 153 Å². The molecule has 0 saturated carbocycles. The van der Waals surface area contributed by atoms with Crippen LogP contribution in [0.5, 0.6) is 5.75 Å². The van der Waals surface area contributed by atoms with Crippen molar-refractivity contribution in [2.75, 3.05) is 18.6 Å². The van der Waals surface area contributed by atoms with Crippen molar-refractivity contribution in [3.05, 3.63) is 59.2 Å². The Hall–Kier alpha value is -2.82. The van der Waals surface area contributed by atoms with Gasteiger partial charge in [0.05, 0.1) is 18.7 Å². The van der Waals surface area contributed by atoms with Crippen LogP contribution in [0.2, 0.25) is 0 Å². The van der Waals surface area contributed by atoms with Gasteiger partial charge in [-0.2, -0.15) is 0 Å². The van der Waals surface area contributed by atoms with E-state index in [1.54, 1.807) is 12.0 Å². The van der Waals surface area contributed by atoms with Crippen molar-refractivity contribution in [1.29, 1.82) is 0 Å². The SMILES string of the molecule is COc1ccc(C)cc1N1C[C@@H](C(=O)OCc2ccc(C)cc2)CC1=O. The van der Waals surface area contributed by atoms with E-state index in [0.29, 0.717) is 18.0 Å². The number of carbonyl (C=O) groups excluding carboxylic acids is 2. The average Bonchev–Trinajstić information content (AvgIpc) is 3.02. The van der Waals surface area contributed by atoms with E-state index >= 15 is 0 Å². The number of aryl methyl sites for hydroxylation is 2. The molecule has 0 unspecified atom stereocenters. The molecule has 0 aliphatic carbocycles. The molecular formula is C21H23NO4. The Kier molecular flexibility index (Phi) is 5.26. The zero-order chi connectivity index (χ0) is 18.7. The van der Waals surface area contributed by atoms with Crippen molar-refractivity contribution >= 4 is 17.6 Å². The number of anilines is 1. The van der Waals surface area contributed by atoms with E-state index in [0.717, 1.165) is 16.7 Å². The van der Waals surface area contributed by atoms with Gasteiger partial charge < -0.3 is 14.4 Å². The molecule has 0 radical (unpaired) electrons. The van der Waals surface area contributed by atoms with Gasteiger partial charge in [0.1, 0.15) is 12.4 Å². The lowest BCUT2D eigenvalue weighted by Gasteiger charge is -2.20. The lowest BCUT2D eigenvalue weighted by molar-refractivity contribution is -0.149. The summed E-state index contributed by atoms with van der Waals surface area (Å²) in [5.74, 6) is -0.268. The number of hydrogen-bond acceptors (Lipinski definition) is 4. The highest BCUT2D eigenvalue weighted by Crippen LogP contribution is 2.34. The zero-order valence-electron chi connectivity index (χ0n) is 15.3. The standard InChI is InChI=1S/C21H23NO4/c1-14-4-7-16(8-5-14)13-26-21(24)17-11-20(23)22(12-17)18-10-15(2)6-9-19(18)25-3/h4-10,17H,11-13H2,1-3H3/t17-/m0/s1. The van der Waals surface area contributed by atoms with E-state index in [4.69, 9.17) is 9.47 Å². The van der Waals surface area contributed by atoms with E-state index in [9.17, 15) is 9.59 Å². The van der Waals surface area contributed by atoms with E-state index in [-0.39, 0.29) is 24.9 Å². The van der Waals surface area contributed by atoms with Crippen LogP contribution in [0.3, 0.4) is 0 Å². The summed E-state index contributed by atoms with van der Waals surface area (Å²) >= 11 is 0. The molecule has 1 aliphatic heterocycles. The Balaban J connectivity index is 1.66. The molecule has 1 heterocycles. The molecule has 3 rings (SSSR count). The zero-order valence-corrected chi connectivity index (χ0v) is 15.3. The second-order valence-electron chi connectivity index (χ2n) is 6.67. The number of ether oxygens (including phenoxy) is 2. The van der Waals surface area contributed by atoms with Crippen molar-refractivity contribution in [1.82, 2.24) is 0 Å². The minimum atomic E-state index is -0.460. The van der Waals surface area contributed by atoms with Gasteiger partial charge in [-0.25, -0.2) is 0 Å². The largest absolute Gasteiger partial charge is 0.495 e. The maximum Gasteiger partial charge on any atom is 0.311 e. The lowest BCUT2D eigenvalue weighted by Crippen LogP contribution is -2.27. The van der Waals surface area contributed by atoms with Crippen LogP contribution in [0.15, 0.2) is 42.5 Å². The van der Waals surface area contributed by atoms with Gasteiger partial charge in [0.15, 0.2) is 0 Å². The highest BCUT2D eigenvalue weighted by atomic mass is 16.5. The number of esters is 1. The molecule has 1 fully saturated rings. The highest BCUT2D eigenvalue weighted by molar-refractivity contribution is 6.00. The number of rotatable bonds is 5. The fourth-order valence-corrected chi connectivity index (χ4v) is 3.07. The van der Waals surface area contributed by atoms with Crippen LogP contribution in [0, 0.1) is 19.8 Å². The minimum Gasteiger partial charge on any atom is -0.495 e. The number of hydrogen-bond donors (Lipinski definition) is 0. The second-order valence-corrected chi connectivity index (χ2v) is 6.67. The summed E-state index contributed by atoms with van der Waals surface area (Å²) in [5.41, 5.74) is 3.82. The topological polar surface area (TPSA) is 55.8 Å². The second kappa shape index (κ2) is 7.60. The monoisotopic (exact) mass is 353 g/mol. The van der Waals surface area contributed by atoms with Gasteiger partial charge in [0.25, 0.3) is 0 Å². The number of benzene rings is 2. The van der Waals surface area contributed by atoms with Crippen LogP contribution in [0.25, 0.3) is 0 Å². The van der Waals surface area contributed by atoms with Gasteiger partial charge in [-0.1, -0.05) is 35.9 Å². The van der Waals surface area contributed by atoms with Crippen molar-refractivity contribution in [2.24, 2.45) is 5.92 Å². The minimum absolute atomic E-state index is 0.0915. The molecule has 5 heteroatoms. The van der Waals surface area contributed by atoms with Crippen LogP contribution in [0.1, 0.15) is 23.1 Å². The molecule has 26 heavy (non-hydrogen) atoms. The highest BCUT2D eigenvalue weighted by Gasteiger charge is 2.37. The number of amides is 1. The first-order chi connectivity index (χ1) is 12.5. The number of nitrogens with zero attached hydrogens (tertiary/aromatic N) is 1. The van der Waals surface area contributed by atoms with Crippen molar-refractivity contribution < 1.29 is 19.1 Å². The summed E-state index contributed by atoms with van der Waals surface area (Å²) in [6.07, 6.45) is 0.157. The molecule has 1 amide bonds. The van der Waals surface area contributed by atoms with Crippen LogP contribution in [-0.4, -0.2) is 25.5 Å². The Morgan fingerprint density at radius 2 is 1.81 bits per heavy atom. The van der Waals surface area contributed by atoms with Crippen LogP contribution in [0.4, 0.5) is 5.69 Å². The summed E-state index contributed by atoms with van der Waals surface area (Å²) < 4.78 is 10.8. The van der Waals surface area contributed by atoms with Gasteiger partial charge in [-0.3, -0.25) is 9.59 Å². The summed E-state index contributed by atoms with van der Waals surface area (Å²) in [5, 5.41) is 0. The quantitative estimate of drug-likeness (QED) is 0.773. The summed E-state index contributed by atoms with van der Waals surface area (Å²) in [6, 6.07) is 13.5. The van der Waals surface area contributed by atoms with Gasteiger partial charge >= 0.3 is 5.97 Å². The Morgan fingerprint density at radius 1 is 1.12 bits per heavy atom. The van der Waals surface area contributed by atoms with Gasteiger partial charge in [0.2, 0.25) is 5.91 Å². The van der Waals surface area contributed by atoms with Gasteiger partial charge in [-0.05, 0) is 37.1 Å². The Bertz CT molecular complexity index is 813. The van der Waals surface area contributed by atoms with Crippen molar-refractivity contribution in [2.45, 2.75) is 26.9 Å². The fourth-order valence-electron chi connectivity index (χ4n) is 3.07. The number of methoxy groups -OCH3 is 1. The van der Waals surface area contributed by atoms with Crippen LogP contribution in [-0.2, 0) is 20.9 Å². The molecule has 0 aromatic heterocycles. The third-order valence-electron chi connectivity index (χ3n) is 4.59. The first-order valence-electron chi connectivity index (χ1n) is 8.65. The normalized spacial score (nSPS) is 16.7. The third-order valence-corrected chi connectivity index (χ3v) is 4.59. The molecule has 1 aliphatic rings. The number of carbonyl (C=O) groups is 2. The van der Waals surface area contributed by atoms with Crippen molar-refractivity contribution in [3.8, 4) is 5.75 Å². The first kappa shape index (κ1) is 18.0. The predicted molar refractivity (Wildman–Crippen MR) is 99.2 cm³/mol. The first-order valence-corrected chi connectivity index (χ1v) is 8.65. The predicted octanol–water partition coefficient (Wildman–Crippen LogP) is 3.41. The molecule has 5 nitrogen and oxygen atoms in total. The molecule has 136 valence electrons. The maximum absolute atomic E-state index is 12.4. The maximum atomic E-state index is 12.4. The van der Waals surface area contributed by atoms with E-state index < -0.39 is 5.92 Å². The fraction of sp³-hybridized carbons (Fsp3) is 0.333. The molecule has 0 spiro atoms. The third kappa shape index (κ3) is 3.87. The lowest BCUT2D eigenvalue weighted by atomic mass is 10.1. The molecule has 1 atom stereocenters. The van der Waals surface area contributed by atoms with Crippen molar-refractivity contribution in [3.63, 3.8) is 0 Å². The summed E-state index contributed by atoms with van der Waals surface area (Å²) in [4.78, 5) is 26.5. The van der Waals surface area contributed by atoms with E-state index in [1.165, 1.54) is 0 Å². The molecular weight excluding hydrogens is 330 g/mol. The van der Waals surface area contributed by atoms with Crippen LogP contribution >= 0.6 is 0 Å². The average molecular weight is 353 g/mol. The van der Waals surface area contributed by atoms with E-state index in [2.05, 4.69) is 0 Å². The molecule has 0 bridgehead atoms. The smallest absolute Gasteiger partial charge is 0.311 e. The van der Waals surface area contributed by atoms with Gasteiger partial charge in [0, 0.05) is 13.0 Å². The molecule has 0 N–H and O–H groups in total. The van der Waals surface area contributed by atoms with Crippen LogP contribution < -0.4 is 9.64 Å².